The molecule has 1 saturated heterocycles. The van der Waals surface area contributed by atoms with Gasteiger partial charge in [0.05, 0.1) is 16.8 Å². The largest absolute Gasteiger partial charge is 0.491 e. The van der Waals surface area contributed by atoms with Gasteiger partial charge in [-0.3, -0.25) is 4.79 Å². The summed E-state index contributed by atoms with van der Waals surface area (Å²) >= 11 is 1.07. The van der Waals surface area contributed by atoms with Crippen molar-refractivity contribution in [2.75, 3.05) is 5.75 Å². The van der Waals surface area contributed by atoms with E-state index in [0.717, 1.165) is 17.8 Å². The third-order valence-electron chi connectivity index (χ3n) is 4.58. The fraction of sp³-hybridized carbons (Fsp3) is 0.444. The van der Waals surface area contributed by atoms with Crippen LogP contribution in [-0.4, -0.2) is 40.3 Å². The van der Waals surface area contributed by atoms with Crippen LogP contribution in [-0.2, 0) is 14.1 Å². The fourth-order valence-corrected chi connectivity index (χ4v) is 2.99. The third-order valence-corrected chi connectivity index (χ3v) is 5.47. The second-order valence-corrected chi connectivity index (χ2v) is 8.28. The molecule has 0 bridgehead atoms. The van der Waals surface area contributed by atoms with Crippen molar-refractivity contribution in [3.63, 3.8) is 0 Å². The number of benzene rings is 1. The first-order valence-electron chi connectivity index (χ1n) is 8.15. The van der Waals surface area contributed by atoms with Crippen molar-refractivity contribution in [1.29, 1.82) is 0 Å². The molecule has 0 radical (unpaired) electrons. The highest BCUT2D eigenvalue weighted by Gasteiger charge is 2.52. The molecule has 1 aromatic carbocycles. The van der Waals surface area contributed by atoms with Gasteiger partial charge in [0.15, 0.2) is 5.12 Å². The van der Waals surface area contributed by atoms with Gasteiger partial charge in [-0.15, -0.1) is 0 Å². The lowest BCUT2D eigenvalue weighted by Gasteiger charge is -2.32. The normalized spacial score (nSPS) is 18.8. The highest BCUT2D eigenvalue weighted by molar-refractivity contribution is 8.13. The number of carboxylic acid groups (broad SMARTS) is 1. The number of hydrogen-bond donors (Lipinski definition) is 1. The summed E-state index contributed by atoms with van der Waals surface area (Å²) in [6.07, 6.45) is 1.60. The van der Waals surface area contributed by atoms with Crippen LogP contribution in [0.25, 0.3) is 6.08 Å². The van der Waals surface area contributed by atoms with Gasteiger partial charge < -0.3 is 14.4 Å². The number of thioether (sulfide) groups is 1. The molecule has 2 rings (SSSR count). The van der Waals surface area contributed by atoms with E-state index >= 15 is 0 Å². The summed E-state index contributed by atoms with van der Waals surface area (Å²) in [5.41, 5.74) is -0.371. The predicted molar refractivity (Wildman–Crippen MR) is 101 cm³/mol. The van der Waals surface area contributed by atoms with Crippen molar-refractivity contribution in [1.82, 2.24) is 0 Å². The Labute approximate surface area is 157 Å². The topological polar surface area (TPSA) is 72.8 Å². The molecule has 1 aliphatic heterocycles. The number of hydrogen-bond acceptors (Lipinski definition) is 5. The van der Waals surface area contributed by atoms with Gasteiger partial charge in [-0.1, -0.05) is 23.9 Å². The van der Waals surface area contributed by atoms with Gasteiger partial charge in [-0.05, 0) is 50.9 Å². The van der Waals surface area contributed by atoms with E-state index < -0.39 is 30.1 Å². The van der Waals surface area contributed by atoms with E-state index in [1.807, 2.05) is 27.7 Å². The Bertz CT molecular complexity index is 744. The quantitative estimate of drug-likeness (QED) is 0.783. The summed E-state index contributed by atoms with van der Waals surface area (Å²) in [6.45, 7) is 9.08. The molecule has 140 valence electrons. The Kier molecular flexibility index (Phi) is 6.00. The zero-order valence-electron chi connectivity index (χ0n) is 15.5. The van der Waals surface area contributed by atoms with Gasteiger partial charge >= 0.3 is 13.1 Å². The predicted octanol–water partition coefficient (Wildman–Crippen LogP) is 3.82. The molecule has 1 heterocycles. The van der Waals surface area contributed by atoms with Crippen molar-refractivity contribution in [3.8, 4) is 0 Å². The average Bonchev–Trinajstić information content (AvgIpc) is 2.72. The molecule has 1 aliphatic rings. The molecule has 26 heavy (non-hydrogen) atoms. The summed E-state index contributed by atoms with van der Waals surface area (Å²) in [7, 11) is -0.724. The van der Waals surface area contributed by atoms with E-state index in [1.165, 1.54) is 19.1 Å². The van der Waals surface area contributed by atoms with Gasteiger partial charge in [0.2, 0.25) is 0 Å². The average molecular weight is 380 g/mol. The Morgan fingerprint density at radius 1 is 1.23 bits per heavy atom. The zero-order valence-corrected chi connectivity index (χ0v) is 16.3. The molecular formula is C18H22BFO5S. The molecule has 5 nitrogen and oxygen atoms in total. The minimum atomic E-state index is -1.23. The van der Waals surface area contributed by atoms with Gasteiger partial charge in [-0.2, -0.15) is 0 Å². The van der Waals surface area contributed by atoms with E-state index in [-0.39, 0.29) is 16.4 Å². The minimum Gasteiger partial charge on any atom is -0.478 e. The number of aromatic carboxylic acids is 1. The summed E-state index contributed by atoms with van der Waals surface area (Å²) in [5, 5.41) is 9.26. The van der Waals surface area contributed by atoms with E-state index in [2.05, 4.69) is 0 Å². The molecule has 1 fully saturated rings. The molecule has 0 spiro atoms. The van der Waals surface area contributed by atoms with Crippen LogP contribution in [0.5, 0.6) is 0 Å². The molecule has 0 aromatic heterocycles. The number of carboxylic acids is 1. The molecule has 1 N–H and O–H groups in total. The lowest BCUT2D eigenvalue weighted by Crippen LogP contribution is -2.41. The maximum atomic E-state index is 13.4. The molecule has 0 unspecified atom stereocenters. The standard InChI is InChI=1S/C18H22BFO5S/c1-11(21)26-10-13(19-24-17(2,3)18(4,5)25-19)8-12-6-7-14(20)9-15(12)16(22)23/h6-9H,10H2,1-5H3,(H,22,23). The highest BCUT2D eigenvalue weighted by atomic mass is 32.2. The second kappa shape index (κ2) is 7.54. The molecule has 0 amide bonds. The molecule has 0 aliphatic carbocycles. The van der Waals surface area contributed by atoms with Crippen molar-refractivity contribution >= 4 is 36.0 Å². The fourth-order valence-electron chi connectivity index (χ4n) is 2.40. The van der Waals surface area contributed by atoms with Crippen LogP contribution in [0.15, 0.2) is 23.7 Å². The highest BCUT2D eigenvalue weighted by Crippen LogP contribution is 2.39. The van der Waals surface area contributed by atoms with Gasteiger partial charge in [0, 0.05) is 12.7 Å². The van der Waals surface area contributed by atoms with Crippen LogP contribution in [0.1, 0.15) is 50.5 Å². The Morgan fingerprint density at radius 2 is 1.81 bits per heavy atom. The Hall–Kier alpha value is -1.64. The molecule has 0 saturated carbocycles. The first-order valence-corrected chi connectivity index (χ1v) is 9.14. The molecule has 0 atom stereocenters. The summed E-state index contributed by atoms with van der Waals surface area (Å²) in [5.74, 6) is -1.58. The van der Waals surface area contributed by atoms with E-state index in [0.29, 0.717) is 11.0 Å². The van der Waals surface area contributed by atoms with E-state index in [1.54, 1.807) is 6.08 Å². The second-order valence-electron chi connectivity index (χ2n) is 7.12. The monoisotopic (exact) mass is 380 g/mol. The van der Waals surface area contributed by atoms with Crippen LogP contribution in [0.3, 0.4) is 0 Å². The number of carbonyl (C=O) groups is 2. The smallest absolute Gasteiger partial charge is 0.478 e. The number of halogens is 1. The molecular weight excluding hydrogens is 358 g/mol. The van der Waals surface area contributed by atoms with E-state index in [4.69, 9.17) is 9.31 Å². The van der Waals surface area contributed by atoms with Crippen LogP contribution in [0, 0.1) is 5.82 Å². The van der Waals surface area contributed by atoms with Crippen molar-refractivity contribution < 1.29 is 28.4 Å². The van der Waals surface area contributed by atoms with Crippen molar-refractivity contribution in [2.45, 2.75) is 45.8 Å². The van der Waals surface area contributed by atoms with Gasteiger partial charge in [0.1, 0.15) is 5.82 Å². The summed E-state index contributed by atoms with van der Waals surface area (Å²) in [4.78, 5) is 22.8. The van der Waals surface area contributed by atoms with Gasteiger partial charge in [-0.25, -0.2) is 9.18 Å². The summed E-state index contributed by atoms with van der Waals surface area (Å²) in [6, 6.07) is 3.55. The molecule has 8 heteroatoms. The SMILES string of the molecule is CC(=O)SCC(=Cc1ccc(F)cc1C(=O)O)B1OC(C)(C)C(C)(C)O1. The van der Waals surface area contributed by atoms with E-state index in [9.17, 15) is 19.1 Å². The van der Waals surface area contributed by atoms with Crippen molar-refractivity contribution in [2.24, 2.45) is 0 Å². The zero-order chi connectivity index (χ0) is 19.7. The first kappa shape index (κ1) is 20.7. The lowest BCUT2D eigenvalue weighted by atomic mass is 9.78. The van der Waals surface area contributed by atoms with Crippen molar-refractivity contribution in [3.05, 3.63) is 40.6 Å². The number of carbonyl (C=O) groups excluding carboxylic acids is 1. The first-order chi connectivity index (χ1) is 11.9. The Balaban J connectivity index is 2.45. The number of rotatable bonds is 5. The minimum absolute atomic E-state index is 0.0787. The Morgan fingerprint density at radius 3 is 2.31 bits per heavy atom. The summed E-state index contributed by atoms with van der Waals surface area (Å²) < 4.78 is 25.5. The van der Waals surface area contributed by atoms with Crippen LogP contribution in [0.4, 0.5) is 4.39 Å². The van der Waals surface area contributed by atoms with Gasteiger partial charge in [0.25, 0.3) is 0 Å². The van der Waals surface area contributed by atoms with Crippen LogP contribution >= 0.6 is 11.8 Å². The maximum Gasteiger partial charge on any atom is 0.491 e. The maximum absolute atomic E-state index is 13.4. The lowest BCUT2D eigenvalue weighted by molar-refractivity contribution is -0.109. The molecule has 1 aromatic rings. The van der Waals surface area contributed by atoms with Crippen LogP contribution < -0.4 is 0 Å². The third kappa shape index (κ3) is 4.55. The van der Waals surface area contributed by atoms with Crippen LogP contribution in [0.2, 0.25) is 0 Å².